The highest BCUT2D eigenvalue weighted by atomic mass is 16.5. The Balaban J connectivity index is 0.000000217. The van der Waals surface area contributed by atoms with E-state index < -0.39 is 0 Å². The van der Waals surface area contributed by atoms with Crippen LogP contribution >= 0.6 is 0 Å². The minimum absolute atomic E-state index is 0.190. The van der Waals surface area contributed by atoms with Gasteiger partial charge in [0, 0.05) is 12.6 Å². The van der Waals surface area contributed by atoms with Gasteiger partial charge in [0.2, 0.25) is 0 Å². The summed E-state index contributed by atoms with van der Waals surface area (Å²) in [6.45, 7) is 11.9. The Morgan fingerprint density at radius 3 is 2.00 bits per heavy atom. The molecule has 1 aliphatic heterocycles. The van der Waals surface area contributed by atoms with E-state index in [0.29, 0.717) is 6.10 Å². The van der Waals surface area contributed by atoms with Crippen molar-refractivity contribution in [3.63, 3.8) is 0 Å². The van der Waals surface area contributed by atoms with Crippen LogP contribution in [0.5, 0.6) is 0 Å². The number of rotatable bonds is 7. The van der Waals surface area contributed by atoms with Gasteiger partial charge >= 0.3 is 0 Å². The number of hydrogen-bond acceptors (Lipinski definition) is 4. The molecule has 1 atom stereocenters. The maximum absolute atomic E-state index is 9.56. The van der Waals surface area contributed by atoms with Crippen LogP contribution in [0.25, 0.3) is 0 Å². The largest absolute Gasteiger partial charge is 0.389 e. The van der Waals surface area contributed by atoms with Crippen molar-refractivity contribution >= 4 is 5.78 Å². The van der Waals surface area contributed by atoms with Crippen LogP contribution in [0.4, 0.5) is 0 Å². The third-order valence-electron chi connectivity index (χ3n) is 8.56. The molecule has 194 valence electrons. The number of likely N-dealkylation sites (tertiary alicyclic amines) is 1. The van der Waals surface area contributed by atoms with E-state index in [2.05, 4.69) is 25.7 Å². The van der Waals surface area contributed by atoms with Gasteiger partial charge in [-0.25, -0.2) is 0 Å². The molecule has 0 spiro atoms. The van der Waals surface area contributed by atoms with Gasteiger partial charge < -0.3 is 14.7 Å². The lowest BCUT2D eigenvalue weighted by atomic mass is 9.80. The van der Waals surface area contributed by atoms with E-state index in [1.165, 1.54) is 110 Å². The number of carbonyl (C=O) groups is 1. The van der Waals surface area contributed by atoms with Crippen molar-refractivity contribution in [1.29, 1.82) is 0 Å². The molecule has 4 fully saturated rings. The Hall–Kier alpha value is -0.450. The maximum Gasteiger partial charge on any atom is 0.155 e. The third kappa shape index (κ3) is 12.2. The third-order valence-corrected chi connectivity index (χ3v) is 8.56. The second-order valence-corrected chi connectivity index (χ2v) is 11.6. The zero-order chi connectivity index (χ0) is 24.1. The molecule has 33 heavy (non-hydrogen) atoms. The lowest BCUT2D eigenvalue weighted by molar-refractivity contribution is -0.119. The van der Waals surface area contributed by atoms with Crippen molar-refractivity contribution in [1.82, 2.24) is 4.90 Å². The molecule has 1 heterocycles. The predicted octanol–water partition coefficient (Wildman–Crippen LogP) is 6.64. The number of ketones is 1. The van der Waals surface area contributed by atoms with Crippen molar-refractivity contribution < 1.29 is 14.6 Å². The van der Waals surface area contributed by atoms with Crippen molar-refractivity contribution in [3.05, 3.63) is 0 Å². The lowest BCUT2D eigenvalue weighted by Gasteiger charge is -2.40. The average molecular weight is 466 g/mol. The van der Waals surface area contributed by atoms with Crippen LogP contribution in [-0.4, -0.2) is 54.2 Å². The van der Waals surface area contributed by atoms with Gasteiger partial charge in [0.05, 0.1) is 6.10 Å². The second-order valence-electron chi connectivity index (χ2n) is 11.6. The van der Waals surface area contributed by atoms with Gasteiger partial charge in [-0.15, -0.1) is 0 Å². The number of hydrogen-bond donors (Lipinski definition) is 1. The molecule has 0 radical (unpaired) electrons. The molecule has 4 rings (SSSR count). The number of piperidine rings is 1. The van der Waals surface area contributed by atoms with Crippen LogP contribution < -0.4 is 0 Å². The van der Waals surface area contributed by atoms with Crippen molar-refractivity contribution in [2.75, 3.05) is 26.3 Å². The summed E-state index contributed by atoms with van der Waals surface area (Å²) < 4.78 is 6.04. The molecule has 3 saturated carbocycles. The Morgan fingerprint density at radius 1 is 0.939 bits per heavy atom. The van der Waals surface area contributed by atoms with Gasteiger partial charge in [0.15, 0.2) is 5.78 Å². The van der Waals surface area contributed by atoms with E-state index in [1.807, 2.05) is 0 Å². The van der Waals surface area contributed by atoms with E-state index in [1.54, 1.807) is 0 Å². The first-order valence-electron chi connectivity index (χ1n) is 14.4. The van der Waals surface area contributed by atoms with Crippen LogP contribution in [0.15, 0.2) is 0 Å². The minimum Gasteiger partial charge on any atom is -0.389 e. The number of nitrogens with zero attached hydrogens (tertiary/aromatic N) is 1. The van der Waals surface area contributed by atoms with Gasteiger partial charge in [-0.1, -0.05) is 59.3 Å². The lowest BCUT2D eigenvalue weighted by Crippen LogP contribution is -2.43. The fraction of sp³-hybridized carbons (Fsp3) is 0.966. The quantitative estimate of drug-likeness (QED) is 0.458. The van der Waals surface area contributed by atoms with Crippen molar-refractivity contribution in [2.45, 2.75) is 130 Å². The zero-order valence-corrected chi connectivity index (χ0v) is 22.4. The molecule has 3 aliphatic carbocycles. The summed E-state index contributed by atoms with van der Waals surface area (Å²) in [5, 5.41) is 7.79. The first-order chi connectivity index (χ1) is 15.9. The molecule has 4 nitrogen and oxygen atoms in total. The van der Waals surface area contributed by atoms with E-state index in [9.17, 15) is 4.79 Å². The molecule has 0 aromatic carbocycles. The van der Waals surface area contributed by atoms with Crippen LogP contribution in [0, 0.1) is 23.7 Å². The van der Waals surface area contributed by atoms with E-state index in [0.717, 1.165) is 36.3 Å². The number of aliphatic hydroxyl groups is 1. The summed E-state index contributed by atoms with van der Waals surface area (Å²) in [5.74, 6) is 3.75. The van der Waals surface area contributed by atoms with Crippen LogP contribution in [0.1, 0.15) is 118 Å². The van der Waals surface area contributed by atoms with Gasteiger partial charge in [-0.3, -0.25) is 4.79 Å². The number of aliphatic hydroxyl groups excluding tert-OH is 1. The van der Waals surface area contributed by atoms with Crippen molar-refractivity contribution in [2.24, 2.45) is 23.7 Å². The SMILES string of the molecule is CC(=O)CO.CC1CCN(C2CCC(OCC3CC3)CC2)CC1.CCC(C)C1CCCCC1. The van der Waals surface area contributed by atoms with Crippen LogP contribution in [0.3, 0.4) is 0 Å². The molecule has 4 aliphatic rings. The average Bonchev–Trinajstić information content (AvgIpc) is 3.69. The Bertz CT molecular complexity index is 499. The molecule has 0 aromatic rings. The molecule has 0 bridgehead atoms. The highest BCUT2D eigenvalue weighted by molar-refractivity contribution is 5.76. The van der Waals surface area contributed by atoms with Crippen molar-refractivity contribution in [3.8, 4) is 0 Å². The number of carbonyl (C=O) groups excluding carboxylic acids is 1. The van der Waals surface area contributed by atoms with Crippen LogP contribution in [0.2, 0.25) is 0 Å². The van der Waals surface area contributed by atoms with Gasteiger partial charge in [-0.05, 0) is 95.1 Å². The highest BCUT2D eigenvalue weighted by Crippen LogP contribution is 2.33. The van der Waals surface area contributed by atoms with Gasteiger partial charge in [0.25, 0.3) is 0 Å². The maximum atomic E-state index is 9.56. The summed E-state index contributed by atoms with van der Waals surface area (Å²) in [4.78, 5) is 12.3. The number of Topliss-reactive ketones (excluding diaryl/α,β-unsaturated/α-hetero) is 1. The van der Waals surface area contributed by atoms with E-state index in [-0.39, 0.29) is 12.4 Å². The Labute approximate surface area is 205 Å². The van der Waals surface area contributed by atoms with Gasteiger partial charge in [0.1, 0.15) is 6.61 Å². The summed E-state index contributed by atoms with van der Waals surface area (Å²) in [6.07, 6.45) is 20.5. The van der Waals surface area contributed by atoms with E-state index >= 15 is 0 Å². The van der Waals surface area contributed by atoms with Gasteiger partial charge in [-0.2, -0.15) is 0 Å². The monoisotopic (exact) mass is 465 g/mol. The standard InChI is InChI=1S/C16H29NO.C10H20.C3H6O2/c1-13-8-10-17(11-9-13)15-4-6-16(7-5-15)18-12-14-2-3-14;1-3-9(2)10-7-5-4-6-8-10;1-3(5)2-4/h13-16H,2-12H2,1H3;9-10H,3-8H2,1-2H3;4H,2H2,1H3. The summed E-state index contributed by atoms with van der Waals surface area (Å²) in [7, 11) is 0. The molecular weight excluding hydrogens is 410 g/mol. The van der Waals surface area contributed by atoms with E-state index in [4.69, 9.17) is 9.84 Å². The number of ether oxygens (including phenoxy) is 1. The smallest absolute Gasteiger partial charge is 0.155 e. The zero-order valence-electron chi connectivity index (χ0n) is 22.4. The minimum atomic E-state index is -0.333. The predicted molar refractivity (Wildman–Crippen MR) is 138 cm³/mol. The fourth-order valence-corrected chi connectivity index (χ4v) is 5.56. The first kappa shape index (κ1) is 28.8. The van der Waals surface area contributed by atoms with Crippen LogP contribution in [-0.2, 0) is 9.53 Å². The second kappa shape index (κ2) is 16.3. The Morgan fingerprint density at radius 2 is 1.52 bits per heavy atom. The topological polar surface area (TPSA) is 49.8 Å². The molecule has 4 heteroatoms. The molecule has 1 unspecified atom stereocenters. The normalized spacial score (nSPS) is 28.2. The molecule has 0 amide bonds. The summed E-state index contributed by atoms with van der Waals surface area (Å²) >= 11 is 0. The summed E-state index contributed by atoms with van der Waals surface area (Å²) in [6, 6.07) is 0.873. The molecule has 1 N–H and O–H groups in total. The molecule has 1 saturated heterocycles. The summed E-state index contributed by atoms with van der Waals surface area (Å²) in [5.41, 5.74) is 0. The fourth-order valence-electron chi connectivity index (χ4n) is 5.56. The molecular formula is C29H55NO3. The first-order valence-corrected chi connectivity index (χ1v) is 14.4. The molecule has 0 aromatic heterocycles. The highest BCUT2D eigenvalue weighted by Gasteiger charge is 2.29. The Kier molecular flexibility index (Phi) is 14.2.